The number of benzene rings is 1. The average Bonchev–Trinajstić information content (AvgIpc) is 2.45. The number of aliphatic hydroxyl groups is 1. The third kappa shape index (κ3) is 3.48. The fourth-order valence-corrected chi connectivity index (χ4v) is 2.85. The minimum absolute atomic E-state index is 0.143. The predicted octanol–water partition coefficient (Wildman–Crippen LogP) is 1.94. The summed E-state index contributed by atoms with van der Waals surface area (Å²) in [7, 11) is 0. The SMILES string of the molecule is Nc1cc(F)ccc1C(=O)NCC1CCCCC1CO. The smallest absolute Gasteiger partial charge is 0.253 e. The molecular formula is C15H21FN2O2. The quantitative estimate of drug-likeness (QED) is 0.738. The topological polar surface area (TPSA) is 75.4 Å². The third-order valence-corrected chi connectivity index (χ3v) is 4.08. The van der Waals surface area contributed by atoms with Crippen LogP contribution < -0.4 is 11.1 Å². The van der Waals surface area contributed by atoms with E-state index in [1.807, 2.05) is 0 Å². The fourth-order valence-electron chi connectivity index (χ4n) is 2.85. The van der Waals surface area contributed by atoms with Gasteiger partial charge in [0.2, 0.25) is 0 Å². The lowest BCUT2D eigenvalue weighted by Gasteiger charge is -2.30. The molecule has 1 aliphatic rings. The highest BCUT2D eigenvalue weighted by Gasteiger charge is 2.25. The van der Waals surface area contributed by atoms with Gasteiger partial charge in [0.25, 0.3) is 5.91 Å². The average molecular weight is 280 g/mol. The molecule has 0 spiro atoms. The van der Waals surface area contributed by atoms with E-state index >= 15 is 0 Å². The van der Waals surface area contributed by atoms with E-state index < -0.39 is 5.82 Å². The predicted molar refractivity (Wildman–Crippen MR) is 75.7 cm³/mol. The standard InChI is InChI=1S/C15H21FN2O2/c16-12-5-6-13(14(17)7-12)15(20)18-8-10-3-1-2-4-11(10)9-19/h5-7,10-11,19H,1-4,8-9,17H2,(H,18,20). The van der Waals surface area contributed by atoms with Crippen molar-refractivity contribution < 1.29 is 14.3 Å². The summed E-state index contributed by atoms with van der Waals surface area (Å²) in [5.41, 5.74) is 6.08. The molecule has 2 atom stereocenters. The van der Waals surface area contributed by atoms with Crippen LogP contribution in [0, 0.1) is 17.7 Å². The number of nitrogen functional groups attached to an aromatic ring is 1. The monoisotopic (exact) mass is 280 g/mol. The van der Waals surface area contributed by atoms with E-state index in [9.17, 15) is 14.3 Å². The van der Waals surface area contributed by atoms with Gasteiger partial charge in [-0.05, 0) is 42.9 Å². The van der Waals surface area contributed by atoms with Crippen molar-refractivity contribution in [2.24, 2.45) is 11.8 Å². The van der Waals surface area contributed by atoms with Crippen LogP contribution in [0.25, 0.3) is 0 Å². The Morgan fingerprint density at radius 1 is 1.35 bits per heavy atom. The van der Waals surface area contributed by atoms with Gasteiger partial charge in [-0.3, -0.25) is 4.79 Å². The number of hydrogen-bond donors (Lipinski definition) is 3. The molecule has 110 valence electrons. The molecule has 1 saturated carbocycles. The van der Waals surface area contributed by atoms with Crippen LogP contribution in [0.4, 0.5) is 10.1 Å². The van der Waals surface area contributed by atoms with Crippen LogP contribution >= 0.6 is 0 Å². The van der Waals surface area contributed by atoms with E-state index in [0.717, 1.165) is 31.7 Å². The molecule has 4 nitrogen and oxygen atoms in total. The van der Waals surface area contributed by atoms with Gasteiger partial charge in [-0.25, -0.2) is 4.39 Å². The first-order valence-corrected chi connectivity index (χ1v) is 7.06. The number of carbonyl (C=O) groups is 1. The van der Waals surface area contributed by atoms with Gasteiger partial charge in [-0.15, -0.1) is 0 Å². The lowest BCUT2D eigenvalue weighted by Crippen LogP contribution is -2.35. The normalized spacial score (nSPS) is 22.5. The number of halogens is 1. The van der Waals surface area contributed by atoms with Crippen LogP contribution in [-0.2, 0) is 0 Å². The highest BCUT2D eigenvalue weighted by molar-refractivity contribution is 5.99. The molecule has 1 aromatic rings. The Balaban J connectivity index is 1.94. The van der Waals surface area contributed by atoms with E-state index in [2.05, 4.69) is 5.32 Å². The Hall–Kier alpha value is -1.62. The molecule has 1 amide bonds. The van der Waals surface area contributed by atoms with Crippen molar-refractivity contribution in [3.8, 4) is 0 Å². The molecule has 0 aliphatic heterocycles. The number of carbonyl (C=O) groups excluding carboxylic acids is 1. The van der Waals surface area contributed by atoms with Gasteiger partial charge < -0.3 is 16.2 Å². The van der Waals surface area contributed by atoms with Crippen molar-refractivity contribution in [1.29, 1.82) is 0 Å². The van der Waals surface area contributed by atoms with Crippen LogP contribution in [0.5, 0.6) is 0 Å². The number of anilines is 1. The first kappa shape index (κ1) is 14.8. The van der Waals surface area contributed by atoms with E-state index in [4.69, 9.17) is 5.73 Å². The number of aliphatic hydroxyl groups excluding tert-OH is 1. The van der Waals surface area contributed by atoms with E-state index in [1.54, 1.807) is 0 Å². The zero-order chi connectivity index (χ0) is 14.5. The molecule has 2 unspecified atom stereocenters. The fraction of sp³-hybridized carbons (Fsp3) is 0.533. The molecule has 0 radical (unpaired) electrons. The summed E-state index contributed by atoms with van der Waals surface area (Å²) in [6, 6.07) is 3.76. The van der Waals surface area contributed by atoms with Crippen molar-refractivity contribution in [2.75, 3.05) is 18.9 Å². The largest absolute Gasteiger partial charge is 0.398 e. The van der Waals surface area contributed by atoms with Crippen molar-refractivity contribution >= 4 is 11.6 Å². The summed E-state index contributed by atoms with van der Waals surface area (Å²) < 4.78 is 12.9. The van der Waals surface area contributed by atoms with Crippen LogP contribution in [0.1, 0.15) is 36.0 Å². The van der Waals surface area contributed by atoms with Gasteiger partial charge in [-0.2, -0.15) is 0 Å². The Morgan fingerprint density at radius 3 is 2.70 bits per heavy atom. The Morgan fingerprint density at radius 2 is 2.05 bits per heavy atom. The second-order valence-electron chi connectivity index (χ2n) is 5.43. The molecule has 0 heterocycles. The molecule has 20 heavy (non-hydrogen) atoms. The summed E-state index contributed by atoms with van der Waals surface area (Å²) >= 11 is 0. The number of nitrogens with two attached hydrogens (primary N) is 1. The second kappa shape index (κ2) is 6.70. The summed E-state index contributed by atoms with van der Waals surface area (Å²) in [5.74, 6) is -0.176. The van der Waals surface area contributed by atoms with Crippen molar-refractivity contribution in [2.45, 2.75) is 25.7 Å². The summed E-state index contributed by atoms with van der Waals surface area (Å²) in [6.45, 7) is 0.695. The Labute approximate surface area is 118 Å². The minimum Gasteiger partial charge on any atom is -0.398 e. The molecule has 2 rings (SSSR count). The van der Waals surface area contributed by atoms with Crippen molar-refractivity contribution in [3.05, 3.63) is 29.6 Å². The molecule has 1 fully saturated rings. The first-order valence-electron chi connectivity index (χ1n) is 7.06. The maximum atomic E-state index is 12.9. The third-order valence-electron chi connectivity index (χ3n) is 4.08. The second-order valence-corrected chi connectivity index (χ2v) is 5.43. The van der Waals surface area contributed by atoms with E-state index in [1.165, 1.54) is 12.1 Å². The van der Waals surface area contributed by atoms with Gasteiger partial charge in [0.1, 0.15) is 5.82 Å². The zero-order valence-corrected chi connectivity index (χ0v) is 11.4. The molecule has 0 aromatic heterocycles. The maximum absolute atomic E-state index is 12.9. The molecule has 1 aliphatic carbocycles. The van der Waals surface area contributed by atoms with Gasteiger partial charge in [0.05, 0.1) is 5.56 Å². The maximum Gasteiger partial charge on any atom is 0.253 e. The molecule has 0 bridgehead atoms. The first-order chi connectivity index (χ1) is 9.61. The lowest BCUT2D eigenvalue weighted by molar-refractivity contribution is 0.0910. The molecule has 4 N–H and O–H groups in total. The van der Waals surface area contributed by atoms with Crippen LogP contribution in [-0.4, -0.2) is 24.2 Å². The van der Waals surface area contributed by atoms with E-state index in [0.29, 0.717) is 18.0 Å². The van der Waals surface area contributed by atoms with Gasteiger partial charge in [0.15, 0.2) is 0 Å². The highest BCUT2D eigenvalue weighted by Crippen LogP contribution is 2.29. The molecular weight excluding hydrogens is 259 g/mol. The summed E-state index contributed by atoms with van der Waals surface area (Å²) in [4.78, 5) is 12.0. The molecule has 0 saturated heterocycles. The van der Waals surface area contributed by atoms with Gasteiger partial charge in [-0.1, -0.05) is 12.8 Å². The highest BCUT2D eigenvalue weighted by atomic mass is 19.1. The summed E-state index contributed by atoms with van der Waals surface area (Å²) in [5, 5.41) is 12.2. The number of amides is 1. The molecule has 5 heteroatoms. The van der Waals surface area contributed by atoms with Crippen LogP contribution in [0.3, 0.4) is 0 Å². The van der Waals surface area contributed by atoms with Gasteiger partial charge in [0, 0.05) is 18.8 Å². The molecule has 1 aromatic carbocycles. The number of nitrogens with one attached hydrogen (secondary N) is 1. The number of rotatable bonds is 4. The lowest BCUT2D eigenvalue weighted by atomic mass is 9.79. The van der Waals surface area contributed by atoms with Gasteiger partial charge >= 0.3 is 0 Å². The Bertz CT molecular complexity index is 479. The summed E-state index contributed by atoms with van der Waals surface area (Å²) in [6.07, 6.45) is 4.30. The van der Waals surface area contributed by atoms with Crippen molar-refractivity contribution in [1.82, 2.24) is 5.32 Å². The zero-order valence-electron chi connectivity index (χ0n) is 11.4. The van der Waals surface area contributed by atoms with E-state index in [-0.39, 0.29) is 24.1 Å². The minimum atomic E-state index is -0.452. The van der Waals surface area contributed by atoms with Crippen LogP contribution in [0.2, 0.25) is 0 Å². The Kier molecular flexibility index (Phi) is 4.95. The van der Waals surface area contributed by atoms with Crippen molar-refractivity contribution in [3.63, 3.8) is 0 Å². The van der Waals surface area contributed by atoms with Crippen LogP contribution in [0.15, 0.2) is 18.2 Å². The number of hydrogen-bond acceptors (Lipinski definition) is 3.